The summed E-state index contributed by atoms with van der Waals surface area (Å²) in [6.07, 6.45) is 7.61. The van der Waals surface area contributed by atoms with Crippen molar-refractivity contribution in [3.05, 3.63) is 88.8 Å². The van der Waals surface area contributed by atoms with Gasteiger partial charge in [-0.05, 0) is 76.0 Å². The molecular weight excluding hydrogens is 438 g/mol. The van der Waals surface area contributed by atoms with Gasteiger partial charge in [-0.1, -0.05) is 95.2 Å². The first-order valence-corrected chi connectivity index (χ1v) is 13.7. The molecule has 0 atom stereocenters. The second-order valence-corrected chi connectivity index (χ2v) is 11.4. The first-order chi connectivity index (χ1) is 16.9. The molecule has 0 aliphatic carbocycles. The minimum absolute atomic E-state index is 0.531. The molecule has 0 N–H and O–H groups in total. The molecule has 0 bridgehead atoms. The topological polar surface area (TPSA) is 38.7 Å². The summed E-state index contributed by atoms with van der Waals surface area (Å²) in [6.45, 7) is 26.5. The molecule has 0 spiro atoms. The number of aromatic nitrogens is 3. The van der Waals surface area contributed by atoms with Crippen LogP contribution in [0.2, 0.25) is 0 Å². The predicted octanol–water partition coefficient (Wildman–Crippen LogP) is 9.99. The average Bonchev–Trinajstić information content (AvgIpc) is 2.84. The van der Waals surface area contributed by atoms with Gasteiger partial charge in [0.1, 0.15) is 0 Å². The molecular formula is C33H51N3. The van der Waals surface area contributed by atoms with Crippen molar-refractivity contribution in [1.82, 2.24) is 15.0 Å². The molecule has 36 heavy (non-hydrogen) atoms. The second kappa shape index (κ2) is 15.5. The van der Waals surface area contributed by atoms with Gasteiger partial charge in [0.25, 0.3) is 0 Å². The van der Waals surface area contributed by atoms with Gasteiger partial charge >= 0.3 is 0 Å². The Kier molecular flexibility index (Phi) is 13.6. The van der Waals surface area contributed by atoms with Crippen LogP contribution < -0.4 is 0 Å². The van der Waals surface area contributed by atoms with E-state index in [9.17, 15) is 0 Å². The predicted molar refractivity (Wildman–Crippen MR) is 157 cm³/mol. The Hall–Kier alpha value is -2.55. The lowest BCUT2D eigenvalue weighted by Crippen LogP contribution is -2.00. The highest BCUT2D eigenvalue weighted by Gasteiger charge is 2.11. The summed E-state index contributed by atoms with van der Waals surface area (Å²) in [6, 6.07) is 10.5. The van der Waals surface area contributed by atoms with Crippen molar-refractivity contribution in [3.8, 4) is 0 Å². The number of nitrogens with zero attached hydrogens (tertiary/aromatic N) is 3. The van der Waals surface area contributed by atoms with Gasteiger partial charge < -0.3 is 0 Å². The summed E-state index contributed by atoms with van der Waals surface area (Å²) < 4.78 is 0. The lowest BCUT2D eigenvalue weighted by molar-refractivity contribution is 0.757. The fourth-order valence-corrected chi connectivity index (χ4v) is 4.23. The SMILES string of the molecule is CC(C)c1cccnc1C(C)C.CC(C)c1cccnc1C(C)C.CC(C)c1ccncc1C(C)C. The zero-order valence-electron chi connectivity index (χ0n) is 25.0. The Morgan fingerprint density at radius 3 is 1.08 bits per heavy atom. The van der Waals surface area contributed by atoms with Gasteiger partial charge in [0.05, 0.1) is 0 Å². The molecule has 3 nitrogen and oxygen atoms in total. The van der Waals surface area contributed by atoms with Gasteiger partial charge in [0, 0.05) is 36.2 Å². The summed E-state index contributed by atoms with van der Waals surface area (Å²) in [5.41, 5.74) is 8.06. The molecule has 198 valence electrons. The number of hydrogen-bond donors (Lipinski definition) is 0. The maximum atomic E-state index is 4.40. The maximum absolute atomic E-state index is 4.40. The van der Waals surface area contributed by atoms with Crippen molar-refractivity contribution in [2.24, 2.45) is 0 Å². The summed E-state index contributed by atoms with van der Waals surface area (Å²) in [7, 11) is 0. The molecule has 3 heterocycles. The first kappa shape index (κ1) is 31.5. The average molecular weight is 490 g/mol. The maximum Gasteiger partial charge on any atom is 0.0463 e. The molecule has 0 aliphatic heterocycles. The minimum Gasteiger partial charge on any atom is -0.264 e. The van der Waals surface area contributed by atoms with Gasteiger partial charge in [-0.3, -0.25) is 15.0 Å². The van der Waals surface area contributed by atoms with Crippen LogP contribution in [0.25, 0.3) is 0 Å². The van der Waals surface area contributed by atoms with Crippen molar-refractivity contribution in [3.63, 3.8) is 0 Å². The largest absolute Gasteiger partial charge is 0.264 e. The molecule has 0 fully saturated rings. The fraction of sp³-hybridized carbons (Fsp3) is 0.545. The van der Waals surface area contributed by atoms with Crippen molar-refractivity contribution >= 4 is 0 Å². The van der Waals surface area contributed by atoms with Gasteiger partial charge in [-0.2, -0.15) is 0 Å². The van der Waals surface area contributed by atoms with E-state index >= 15 is 0 Å². The molecule has 3 rings (SSSR count). The van der Waals surface area contributed by atoms with Gasteiger partial charge in [-0.15, -0.1) is 0 Å². The second-order valence-electron chi connectivity index (χ2n) is 11.4. The van der Waals surface area contributed by atoms with Crippen LogP contribution in [-0.2, 0) is 0 Å². The van der Waals surface area contributed by atoms with Gasteiger partial charge in [0.2, 0.25) is 0 Å². The van der Waals surface area contributed by atoms with Crippen LogP contribution in [0.15, 0.2) is 55.1 Å². The highest BCUT2D eigenvalue weighted by molar-refractivity contribution is 5.29. The normalized spacial score (nSPS) is 11.2. The first-order valence-electron chi connectivity index (χ1n) is 13.7. The van der Waals surface area contributed by atoms with Crippen molar-refractivity contribution in [2.45, 2.75) is 119 Å². The molecule has 0 unspecified atom stereocenters. The van der Waals surface area contributed by atoms with Gasteiger partial charge in [-0.25, -0.2) is 0 Å². The Morgan fingerprint density at radius 1 is 0.417 bits per heavy atom. The van der Waals surface area contributed by atoms with Gasteiger partial charge in [0.15, 0.2) is 0 Å². The third kappa shape index (κ3) is 9.84. The van der Waals surface area contributed by atoms with Crippen LogP contribution >= 0.6 is 0 Å². The lowest BCUT2D eigenvalue weighted by atomic mass is 9.93. The van der Waals surface area contributed by atoms with E-state index in [1.54, 1.807) is 0 Å². The fourth-order valence-electron chi connectivity index (χ4n) is 4.23. The molecule has 0 saturated carbocycles. The van der Waals surface area contributed by atoms with E-state index < -0.39 is 0 Å². The zero-order valence-corrected chi connectivity index (χ0v) is 25.0. The Labute approximate surface area is 222 Å². The minimum atomic E-state index is 0.531. The summed E-state index contributed by atoms with van der Waals surface area (Å²) in [5, 5.41) is 0. The standard InChI is InChI=1S/3C11H17N/c1-8(2)10-5-6-12-7-11(10)9(3)4;2*1-8(2)10-6-5-7-12-11(10)9(3)4/h3*5-9H,1-4H3. The molecule has 0 radical (unpaired) electrons. The summed E-state index contributed by atoms with van der Waals surface area (Å²) in [5.74, 6) is 3.40. The van der Waals surface area contributed by atoms with Crippen LogP contribution in [0.4, 0.5) is 0 Å². The van der Waals surface area contributed by atoms with E-state index in [1.165, 1.54) is 33.6 Å². The van der Waals surface area contributed by atoms with Crippen LogP contribution in [0.5, 0.6) is 0 Å². The monoisotopic (exact) mass is 489 g/mol. The number of hydrogen-bond acceptors (Lipinski definition) is 3. The third-order valence-electron chi connectivity index (χ3n) is 6.21. The van der Waals surface area contributed by atoms with Crippen LogP contribution in [0.3, 0.4) is 0 Å². The Balaban J connectivity index is 0.000000270. The van der Waals surface area contributed by atoms with Crippen molar-refractivity contribution < 1.29 is 0 Å². The molecule has 3 aromatic rings. The smallest absolute Gasteiger partial charge is 0.0463 e. The van der Waals surface area contributed by atoms with E-state index in [0.29, 0.717) is 35.5 Å². The van der Waals surface area contributed by atoms with Crippen LogP contribution in [0.1, 0.15) is 152 Å². The van der Waals surface area contributed by atoms with Crippen LogP contribution in [0, 0.1) is 0 Å². The zero-order chi connectivity index (χ0) is 27.4. The van der Waals surface area contributed by atoms with Crippen LogP contribution in [-0.4, -0.2) is 15.0 Å². The molecule has 0 aromatic carbocycles. The van der Waals surface area contributed by atoms with Crippen molar-refractivity contribution in [2.75, 3.05) is 0 Å². The van der Waals surface area contributed by atoms with E-state index in [1.807, 2.05) is 36.9 Å². The highest BCUT2D eigenvalue weighted by atomic mass is 14.7. The van der Waals surface area contributed by atoms with E-state index in [4.69, 9.17) is 0 Å². The Morgan fingerprint density at radius 2 is 0.806 bits per heavy atom. The number of rotatable bonds is 6. The summed E-state index contributed by atoms with van der Waals surface area (Å²) >= 11 is 0. The lowest BCUT2D eigenvalue weighted by Gasteiger charge is -2.14. The van der Waals surface area contributed by atoms with E-state index in [-0.39, 0.29) is 0 Å². The quantitative estimate of drug-likeness (QED) is 0.346. The Bertz CT molecular complexity index is 804. The molecule has 3 aromatic heterocycles. The molecule has 0 aliphatic rings. The van der Waals surface area contributed by atoms with E-state index in [0.717, 1.165) is 0 Å². The highest BCUT2D eigenvalue weighted by Crippen LogP contribution is 2.25. The molecule has 0 amide bonds. The summed E-state index contributed by atoms with van der Waals surface area (Å²) in [4.78, 5) is 12.9. The van der Waals surface area contributed by atoms with Crippen molar-refractivity contribution in [1.29, 1.82) is 0 Å². The molecule has 3 heteroatoms. The molecule has 0 saturated heterocycles. The van der Waals surface area contributed by atoms with E-state index in [2.05, 4.69) is 116 Å². The third-order valence-corrected chi connectivity index (χ3v) is 6.21. The number of pyridine rings is 3.